The molecule has 170 valence electrons. The van der Waals surface area contributed by atoms with E-state index in [0.717, 1.165) is 0 Å². The number of benzene rings is 2. The lowest BCUT2D eigenvalue weighted by atomic mass is 9.95. The minimum absolute atomic E-state index is 0.143. The van der Waals surface area contributed by atoms with Crippen LogP contribution in [0.2, 0.25) is 0 Å². The molecule has 33 heavy (non-hydrogen) atoms. The summed E-state index contributed by atoms with van der Waals surface area (Å²) in [7, 11) is -3.68. The van der Waals surface area contributed by atoms with Crippen LogP contribution in [0, 0.1) is 18.7 Å². The Morgan fingerprint density at radius 3 is 2.64 bits per heavy atom. The first-order valence-corrected chi connectivity index (χ1v) is 11.8. The molecule has 1 fully saturated rings. The number of amides is 1. The van der Waals surface area contributed by atoms with Gasteiger partial charge in [0.15, 0.2) is 11.7 Å². The second-order valence-electron chi connectivity index (χ2n) is 7.94. The molecule has 12 heteroatoms. The van der Waals surface area contributed by atoms with Gasteiger partial charge in [-0.1, -0.05) is 12.1 Å². The normalized spacial score (nSPS) is 17.5. The summed E-state index contributed by atoms with van der Waals surface area (Å²) in [6.45, 7) is 2.65. The standard InChI is InChI=1S/C21H20FN7O3S/c1-13-24-26-27-29(13)18-12-15(6-7-17(18)22)23-21(30)14-8-10-28(11-9-14)20-16-4-2-3-5-19(16)33(31,32)25-20/h2-7,12,14H,8-11H2,1H3,(H,23,30). The van der Waals surface area contributed by atoms with Gasteiger partial charge in [0.25, 0.3) is 10.0 Å². The number of aromatic nitrogens is 4. The van der Waals surface area contributed by atoms with E-state index in [4.69, 9.17) is 0 Å². The number of carbonyl (C=O) groups excluding carboxylic acids is 1. The van der Waals surface area contributed by atoms with Crippen LogP contribution >= 0.6 is 0 Å². The topological polar surface area (TPSA) is 122 Å². The van der Waals surface area contributed by atoms with E-state index < -0.39 is 15.8 Å². The fraction of sp³-hybridized carbons (Fsp3) is 0.286. The summed E-state index contributed by atoms with van der Waals surface area (Å²) >= 11 is 0. The van der Waals surface area contributed by atoms with E-state index in [-0.39, 0.29) is 22.4 Å². The highest BCUT2D eigenvalue weighted by atomic mass is 32.2. The Labute approximate surface area is 189 Å². The summed E-state index contributed by atoms with van der Waals surface area (Å²) in [5.74, 6) is -0.0997. The van der Waals surface area contributed by atoms with Crippen molar-refractivity contribution in [3.63, 3.8) is 0 Å². The molecule has 0 saturated carbocycles. The number of carbonyl (C=O) groups is 1. The third kappa shape index (κ3) is 3.86. The van der Waals surface area contributed by atoms with Crippen molar-refractivity contribution in [1.29, 1.82) is 0 Å². The minimum atomic E-state index is -3.68. The first-order chi connectivity index (χ1) is 15.8. The van der Waals surface area contributed by atoms with Crippen LogP contribution in [-0.4, -0.2) is 58.4 Å². The number of halogens is 1. The third-order valence-corrected chi connectivity index (χ3v) is 7.17. The zero-order chi connectivity index (χ0) is 23.2. The van der Waals surface area contributed by atoms with Gasteiger partial charge in [0.2, 0.25) is 5.91 Å². The molecular formula is C21H20FN7O3S. The predicted molar refractivity (Wildman–Crippen MR) is 117 cm³/mol. The molecule has 3 heterocycles. The van der Waals surface area contributed by atoms with Gasteiger partial charge in [-0.3, -0.25) is 4.79 Å². The summed E-state index contributed by atoms with van der Waals surface area (Å²) in [6.07, 6.45) is 1.07. The fourth-order valence-corrected chi connectivity index (χ4v) is 5.35. The molecule has 0 bridgehead atoms. The minimum Gasteiger partial charge on any atom is -0.355 e. The van der Waals surface area contributed by atoms with Gasteiger partial charge in [0.05, 0.1) is 0 Å². The molecule has 0 atom stereocenters. The molecule has 0 aliphatic carbocycles. The van der Waals surface area contributed by atoms with Crippen LogP contribution in [-0.2, 0) is 14.8 Å². The number of likely N-dealkylation sites (tertiary alicyclic amines) is 1. The summed E-state index contributed by atoms with van der Waals surface area (Å²) in [5, 5.41) is 13.9. The van der Waals surface area contributed by atoms with Crippen LogP contribution in [0.3, 0.4) is 0 Å². The van der Waals surface area contributed by atoms with Crippen molar-refractivity contribution < 1.29 is 17.6 Å². The van der Waals surface area contributed by atoms with E-state index >= 15 is 0 Å². The Morgan fingerprint density at radius 1 is 1.15 bits per heavy atom. The maximum atomic E-state index is 14.3. The van der Waals surface area contributed by atoms with Gasteiger partial charge in [-0.2, -0.15) is 13.1 Å². The first kappa shape index (κ1) is 21.2. The summed E-state index contributed by atoms with van der Waals surface area (Å²) in [5.41, 5.74) is 1.18. The Kier molecular flexibility index (Phi) is 5.16. The van der Waals surface area contributed by atoms with Gasteiger partial charge < -0.3 is 10.2 Å². The molecule has 3 aromatic rings. The van der Waals surface area contributed by atoms with Crippen LogP contribution in [0.15, 0.2) is 51.8 Å². The van der Waals surface area contributed by atoms with Crippen molar-refractivity contribution in [1.82, 2.24) is 25.1 Å². The zero-order valence-electron chi connectivity index (χ0n) is 17.6. The van der Waals surface area contributed by atoms with Crippen molar-refractivity contribution in [2.45, 2.75) is 24.7 Å². The molecule has 1 amide bonds. The largest absolute Gasteiger partial charge is 0.355 e. The average molecular weight is 470 g/mol. The van der Waals surface area contributed by atoms with E-state index in [9.17, 15) is 17.6 Å². The molecule has 1 aromatic heterocycles. The number of nitrogens with zero attached hydrogens (tertiary/aromatic N) is 6. The van der Waals surface area contributed by atoms with Crippen molar-refractivity contribution in [3.8, 4) is 5.69 Å². The highest BCUT2D eigenvalue weighted by molar-refractivity contribution is 7.90. The molecule has 0 spiro atoms. The number of fused-ring (bicyclic) bond motifs is 1. The van der Waals surface area contributed by atoms with Gasteiger partial charge in [-0.25, -0.2) is 4.39 Å². The number of nitrogens with one attached hydrogen (secondary N) is 1. The highest BCUT2D eigenvalue weighted by Gasteiger charge is 2.34. The zero-order valence-corrected chi connectivity index (χ0v) is 18.5. The van der Waals surface area contributed by atoms with E-state index in [1.165, 1.54) is 22.9 Å². The van der Waals surface area contributed by atoms with Crippen LogP contribution in [0.25, 0.3) is 5.69 Å². The van der Waals surface area contributed by atoms with Crippen LogP contribution in [0.5, 0.6) is 0 Å². The molecule has 2 aliphatic heterocycles. The number of anilines is 1. The number of hydrogen-bond donors (Lipinski definition) is 1. The van der Waals surface area contributed by atoms with Crippen molar-refractivity contribution >= 4 is 27.5 Å². The van der Waals surface area contributed by atoms with Crippen molar-refractivity contribution in [2.75, 3.05) is 18.4 Å². The molecule has 0 unspecified atom stereocenters. The molecule has 2 aliphatic rings. The van der Waals surface area contributed by atoms with Gasteiger partial charge >= 0.3 is 0 Å². The Hall–Kier alpha value is -3.67. The number of rotatable bonds is 3. The van der Waals surface area contributed by atoms with Crippen LogP contribution in [0.4, 0.5) is 10.1 Å². The number of tetrazole rings is 1. The Bertz CT molecular complexity index is 1380. The van der Waals surface area contributed by atoms with E-state index in [1.807, 2.05) is 4.90 Å². The van der Waals surface area contributed by atoms with Crippen molar-refractivity contribution in [2.24, 2.45) is 10.3 Å². The van der Waals surface area contributed by atoms with E-state index in [2.05, 4.69) is 25.2 Å². The maximum absolute atomic E-state index is 14.3. The van der Waals surface area contributed by atoms with Crippen LogP contribution in [0.1, 0.15) is 24.2 Å². The van der Waals surface area contributed by atoms with Crippen LogP contribution < -0.4 is 5.32 Å². The third-order valence-electron chi connectivity index (χ3n) is 5.85. The maximum Gasteiger partial charge on any atom is 0.285 e. The molecule has 10 nitrogen and oxygen atoms in total. The highest BCUT2D eigenvalue weighted by Crippen LogP contribution is 2.30. The average Bonchev–Trinajstić information content (AvgIpc) is 3.36. The summed E-state index contributed by atoms with van der Waals surface area (Å²) in [6, 6.07) is 11.0. The summed E-state index contributed by atoms with van der Waals surface area (Å²) < 4.78 is 44.1. The van der Waals surface area contributed by atoms with Crippen molar-refractivity contribution in [3.05, 3.63) is 59.7 Å². The first-order valence-electron chi connectivity index (χ1n) is 10.4. The Morgan fingerprint density at radius 2 is 1.91 bits per heavy atom. The fourth-order valence-electron chi connectivity index (χ4n) is 4.12. The lowest BCUT2D eigenvalue weighted by Crippen LogP contribution is -2.41. The second kappa shape index (κ2) is 8.03. The molecule has 1 N–H and O–H groups in total. The number of aryl methyl sites for hydroxylation is 1. The van der Waals surface area contributed by atoms with E-state index in [1.54, 1.807) is 31.2 Å². The van der Waals surface area contributed by atoms with Gasteiger partial charge in [0, 0.05) is 30.3 Å². The lowest BCUT2D eigenvalue weighted by Gasteiger charge is -2.32. The predicted octanol–water partition coefficient (Wildman–Crippen LogP) is 1.91. The van der Waals surface area contributed by atoms with E-state index in [0.29, 0.717) is 48.8 Å². The summed E-state index contributed by atoms with van der Waals surface area (Å²) in [4.78, 5) is 15.0. The molecular weight excluding hydrogens is 449 g/mol. The molecule has 5 rings (SSSR count). The van der Waals surface area contributed by atoms with Gasteiger partial charge in [-0.15, -0.1) is 9.50 Å². The number of amidine groups is 1. The number of piperidine rings is 1. The number of hydrogen-bond acceptors (Lipinski definition) is 7. The smallest absolute Gasteiger partial charge is 0.285 e. The van der Waals surface area contributed by atoms with Gasteiger partial charge in [-0.05, 0) is 60.5 Å². The SMILES string of the molecule is Cc1nnnn1-c1cc(NC(=O)C2CCN(C3=NS(=O)(=O)c4ccccc43)CC2)ccc1F. The second-order valence-corrected chi connectivity index (χ2v) is 9.51. The Balaban J connectivity index is 1.27. The van der Waals surface area contributed by atoms with Gasteiger partial charge in [0.1, 0.15) is 16.4 Å². The molecule has 0 radical (unpaired) electrons. The quantitative estimate of drug-likeness (QED) is 0.622. The lowest BCUT2D eigenvalue weighted by molar-refractivity contribution is -0.120. The monoisotopic (exact) mass is 469 g/mol. The molecule has 2 aromatic carbocycles. The molecule has 1 saturated heterocycles. The number of sulfonamides is 1.